The second-order valence-electron chi connectivity index (χ2n) is 4.38. The molecular weight excluding hydrogens is 240 g/mol. The van der Waals surface area contributed by atoms with E-state index in [0.29, 0.717) is 25.3 Å². The lowest BCUT2D eigenvalue weighted by Gasteiger charge is -2.15. The van der Waals surface area contributed by atoms with Crippen LogP contribution in [0.3, 0.4) is 0 Å². The number of hydrogen-bond acceptors (Lipinski definition) is 3. The molecule has 0 aliphatic heterocycles. The lowest BCUT2D eigenvalue weighted by molar-refractivity contribution is 0.179. The maximum Gasteiger partial charge on any atom is 0.162 e. The zero-order valence-corrected chi connectivity index (χ0v) is 10.6. The third kappa shape index (κ3) is 5.42. The molecule has 0 aliphatic carbocycles. The Morgan fingerprint density at radius 3 is 2.61 bits per heavy atom. The van der Waals surface area contributed by atoms with Crippen molar-refractivity contribution in [2.45, 2.75) is 32.4 Å². The van der Waals surface area contributed by atoms with E-state index in [0.717, 1.165) is 12.1 Å². The first kappa shape index (κ1) is 14.9. The zero-order chi connectivity index (χ0) is 13.5. The highest BCUT2D eigenvalue weighted by atomic mass is 19.2. The van der Waals surface area contributed by atoms with Crippen molar-refractivity contribution in [3.63, 3.8) is 0 Å². The van der Waals surface area contributed by atoms with Crippen LogP contribution < -0.4 is 10.1 Å². The Labute approximate surface area is 106 Å². The van der Waals surface area contributed by atoms with E-state index in [4.69, 9.17) is 9.84 Å². The minimum Gasteiger partial charge on any atom is -0.492 e. The summed E-state index contributed by atoms with van der Waals surface area (Å²) >= 11 is 0. The van der Waals surface area contributed by atoms with Crippen LogP contribution in [0.25, 0.3) is 0 Å². The summed E-state index contributed by atoms with van der Waals surface area (Å²) in [7, 11) is 0. The van der Waals surface area contributed by atoms with E-state index in [-0.39, 0.29) is 12.1 Å². The average molecular weight is 259 g/mol. The third-order valence-electron chi connectivity index (χ3n) is 2.45. The molecule has 0 amide bonds. The molecule has 3 nitrogen and oxygen atoms in total. The molecule has 0 aliphatic rings. The average Bonchev–Trinajstić information content (AvgIpc) is 2.30. The van der Waals surface area contributed by atoms with Gasteiger partial charge in [0.25, 0.3) is 0 Å². The fraction of sp³-hybridized carbons (Fsp3) is 0.538. The maximum absolute atomic E-state index is 12.9. The second kappa shape index (κ2) is 7.28. The van der Waals surface area contributed by atoms with Gasteiger partial charge in [0.15, 0.2) is 11.6 Å². The predicted molar refractivity (Wildman–Crippen MR) is 65.6 cm³/mol. The Hall–Kier alpha value is -1.20. The normalized spacial score (nSPS) is 14.3. The van der Waals surface area contributed by atoms with Gasteiger partial charge in [-0.1, -0.05) is 0 Å². The van der Waals surface area contributed by atoms with Gasteiger partial charge in [0.1, 0.15) is 12.4 Å². The SMILES string of the molecule is CC(O)CCNC(C)COc1ccc(F)c(F)c1. The molecular formula is C13H19F2NO2. The van der Waals surface area contributed by atoms with Crippen molar-refractivity contribution in [2.24, 2.45) is 0 Å². The Bertz CT molecular complexity index is 372. The van der Waals surface area contributed by atoms with Crippen molar-refractivity contribution in [1.82, 2.24) is 5.32 Å². The molecule has 1 aromatic rings. The summed E-state index contributed by atoms with van der Waals surface area (Å²) in [6, 6.07) is 3.52. The van der Waals surface area contributed by atoms with Gasteiger partial charge in [0.05, 0.1) is 6.10 Å². The molecule has 0 saturated heterocycles. The number of aliphatic hydroxyl groups excluding tert-OH is 1. The van der Waals surface area contributed by atoms with Crippen molar-refractivity contribution in [3.05, 3.63) is 29.8 Å². The van der Waals surface area contributed by atoms with Crippen LogP contribution in [-0.2, 0) is 0 Å². The first-order valence-electron chi connectivity index (χ1n) is 5.98. The predicted octanol–water partition coefficient (Wildman–Crippen LogP) is 2.09. The lowest BCUT2D eigenvalue weighted by Crippen LogP contribution is -2.33. The van der Waals surface area contributed by atoms with Gasteiger partial charge < -0.3 is 15.2 Å². The number of nitrogens with one attached hydrogen (secondary N) is 1. The molecule has 1 rings (SSSR count). The van der Waals surface area contributed by atoms with Gasteiger partial charge in [-0.25, -0.2) is 8.78 Å². The number of aliphatic hydroxyl groups is 1. The molecule has 102 valence electrons. The molecule has 0 bridgehead atoms. The summed E-state index contributed by atoms with van der Waals surface area (Å²) in [5, 5.41) is 12.2. The van der Waals surface area contributed by atoms with E-state index in [1.165, 1.54) is 6.07 Å². The van der Waals surface area contributed by atoms with Crippen molar-refractivity contribution < 1.29 is 18.6 Å². The fourth-order valence-corrected chi connectivity index (χ4v) is 1.39. The molecule has 2 N–H and O–H groups in total. The van der Waals surface area contributed by atoms with Gasteiger partial charge in [-0.05, 0) is 38.9 Å². The van der Waals surface area contributed by atoms with Crippen LogP contribution in [0.1, 0.15) is 20.3 Å². The Kier molecular flexibility index (Phi) is 6.01. The highest BCUT2D eigenvalue weighted by Gasteiger charge is 2.06. The van der Waals surface area contributed by atoms with Gasteiger partial charge in [-0.15, -0.1) is 0 Å². The summed E-state index contributed by atoms with van der Waals surface area (Å²) in [6.07, 6.45) is 0.326. The largest absolute Gasteiger partial charge is 0.492 e. The third-order valence-corrected chi connectivity index (χ3v) is 2.45. The number of halogens is 2. The summed E-state index contributed by atoms with van der Waals surface area (Å²) in [5.41, 5.74) is 0. The molecule has 5 heteroatoms. The smallest absolute Gasteiger partial charge is 0.162 e. The lowest BCUT2D eigenvalue weighted by atomic mass is 10.2. The molecule has 0 radical (unpaired) electrons. The first-order valence-corrected chi connectivity index (χ1v) is 5.98. The van der Waals surface area contributed by atoms with Gasteiger partial charge in [0.2, 0.25) is 0 Å². The molecule has 18 heavy (non-hydrogen) atoms. The Morgan fingerprint density at radius 2 is 2.00 bits per heavy atom. The van der Waals surface area contributed by atoms with E-state index in [9.17, 15) is 8.78 Å². The van der Waals surface area contributed by atoms with E-state index in [1.54, 1.807) is 6.92 Å². The molecule has 2 unspecified atom stereocenters. The summed E-state index contributed by atoms with van der Waals surface area (Å²) in [4.78, 5) is 0. The van der Waals surface area contributed by atoms with Crippen LogP contribution in [-0.4, -0.2) is 30.4 Å². The minimum atomic E-state index is -0.915. The second-order valence-corrected chi connectivity index (χ2v) is 4.38. The molecule has 2 atom stereocenters. The van der Waals surface area contributed by atoms with Crippen LogP contribution in [0.2, 0.25) is 0 Å². The van der Waals surface area contributed by atoms with E-state index in [2.05, 4.69) is 5.32 Å². The van der Waals surface area contributed by atoms with Gasteiger partial charge in [-0.2, -0.15) is 0 Å². The maximum atomic E-state index is 12.9. The fourth-order valence-electron chi connectivity index (χ4n) is 1.39. The number of rotatable bonds is 7. The van der Waals surface area contributed by atoms with Crippen LogP contribution in [0.5, 0.6) is 5.75 Å². The molecule has 0 saturated carbocycles. The standard InChI is InChI=1S/C13H19F2NO2/c1-9(16-6-5-10(2)17)8-18-11-3-4-12(14)13(15)7-11/h3-4,7,9-10,16-17H,5-6,8H2,1-2H3. The summed E-state index contributed by atoms with van der Waals surface area (Å²) in [6.45, 7) is 4.68. The van der Waals surface area contributed by atoms with Crippen LogP contribution in [0.4, 0.5) is 8.78 Å². The molecule has 0 spiro atoms. The van der Waals surface area contributed by atoms with Crippen LogP contribution in [0, 0.1) is 11.6 Å². The Morgan fingerprint density at radius 1 is 1.28 bits per heavy atom. The Balaban J connectivity index is 2.29. The zero-order valence-electron chi connectivity index (χ0n) is 10.6. The number of hydrogen-bond donors (Lipinski definition) is 2. The van der Waals surface area contributed by atoms with E-state index >= 15 is 0 Å². The molecule has 1 aromatic carbocycles. The number of ether oxygens (including phenoxy) is 1. The van der Waals surface area contributed by atoms with Crippen molar-refractivity contribution in [1.29, 1.82) is 0 Å². The van der Waals surface area contributed by atoms with Crippen LogP contribution >= 0.6 is 0 Å². The van der Waals surface area contributed by atoms with E-state index < -0.39 is 11.6 Å². The highest BCUT2D eigenvalue weighted by molar-refractivity contribution is 5.23. The molecule has 0 heterocycles. The number of benzene rings is 1. The molecule has 0 fully saturated rings. The summed E-state index contributed by atoms with van der Waals surface area (Å²) in [5.74, 6) is -1.49. The topological polar surface area (TPSA) is 41.5 Å². The quantitative estimate of drug-likeness (QED) is 0.788. The summed E-state index contributed by atoms with van der Waals surface area (Å²) < 4.78 is 30.9. The van der Waals surface area contributed by atoms with Crippen molar-refractivity contribution >= 4 is 0 Å². The highest BCUT2D eigenvalue weighted by Crippen LogP contribution is 2.15. The van der Waals surface area contributed by atoms with Crippen LogP contribution in [0.15, 0.2) is 18.2 Å². The molecule has 0 aromatic heterocycles. The van der Waals surface area contributed by atoms with Crippen molar-refractivity contribution in [3.8, 4) is 5.75 Å². The first-order chi connectivity index (χ1) is 8.49. The minimum absolute atomic E-state index is 0.0665. The monoisotopic (exact) mass is 259 g/mol. The van der Waals surface area contributed by atoms with Gasteiger partial charge in [0, 0.05) is 12.1 Å². The van der Waals surface area contributed by atoms with Crippen molar-refractivity contribution in [2.75, 3.05) is 13.2 Å². The van der Waals surface area contributed by atoms with E-state index in [1.807, 2.05) is 6.92 Å². The van der Waals surface area contributed by atoms with Gasteiger partial charge in [-0.3, -0.25) is 0 Å². The van der Waals surface area contributed by atoms with Gasteiger partial charge >= 0.3 is 0 Å².